The van der Waals surface area contributed by atoms with Crippen LogP contribution in [0.25, 0.3) is 0 Å². The monoisotopic (exact) mass is 269 g/mol. The summed E-state index contributed by atoms with van der Waals surface area (Å²) in [5.74, 6) is -0.447. The van der Waals surface area contributed by atoms with Crippen LogP contribution < -0.4 is 0 Å². The van der Waals surface area contributed by atoms with Crippen molar-refractivity contribution in [1.29, 1.82) is 0 Å². The number of hydrogen-bond donors (Lipinski definition) is 0. The number of methoxy groups -OCH3 is 1. The van der Waals surface area contributed by atoms with Gasteiger partial charge < -0.3 is 9.57 Å². The maximum atomic E-state index is 11.0. The average molecular weight is 269 g/mol. The van der Waals surface area contributed by atoms with E-state index in [1.165, 1.54) is 19.2 Å². The molecule has 6 heteroatoms. The van der Waals surface area contributed by atoms with Gasteiger partial charge in [0.25, 0.3) is 5.09 Å². The van der Waals surface area contributed by atoms with Gasteiger partial charge in [-0.1, -0.05) is 26.0 Å². The number of hydrogen-bond acceptors (Lipinski definition) is 5. The minimum Gasteiger partial charge on any atom is -0.465 e. The minimum atomic E-state index is -0.867. The molecule has 0 aliphatic carbocycles. The van der Waals surface area contributed by atoms with E-state index in [1.54, 1.807) is 12.1 Å². The second kappa shape index (κ2) is 12.1. The summed E-state index contributed by atoms with van der Waals surface area (Å²) in [5, 5.41) is 9.04. The first-order chi connectivity index (χ1) is 9.13. The van der Waals surface area contributed by atoms with Crippen LogP contribution in [-0.4, -0.2) is 18.2 Å². The molecule has 19 heavy (non-hydrogen) atoms. The number of rotatable bonds is 4. The van der Waals surface area contributed by atoms with Gasteiger partial charge in [-0.15, -0.1) is 23.3 Å². The topological polar surface area (TPSA) is 78.7 Å². The van der Waals surface area contributed by atoms with Crippen LogP contribution in [0.4, 0.5) is 0 Å². The third-order valence-corrected chi connectivity index (χ3v) is 1.71. The molecule has 1 aromatic rings. The maximum absolute atomic E-state index is 11.0. The zero-order chi connectivity index (χ0) is 15.3. The number of carbonyl (C=O) groups excluding carboxylic acids is 1. The van der Waals surface area contributed by atoms with Crippen molar-refractivity contribution in [2.24, 2.45) is 0 Å². The molecule has 106 valence electrons. The number of benzene rings is 1. The first-order valence-corrected chi connectivity index (χ1v) is 5.58. The number of nitrogens with zero attached hydrogens (tertiary/aromatic N) is 1. The fraction of sp³-hybridized carbons (Fsp3) is 0.308. The molecule has 0 N–H and O–H groups in total. The Labute approximate surface area is 112 Å². The van der Waals surface area contributed by atoms with E-state index in [0.29, 0.717) is 11.1 Å². The van der Waals surface area contributed by atoms with E-state index in [-0.39, 0.29) is 6.61 Å². The lowest BCUT2D eigenvalue weighted by atomic mass is 10.1. The summed E-state index contributed by atoms with van der Waals surface area (Å²) in [4.78, 5) is 25.1. The van der Waals surface area contributed by atoms with Gasteiger partial charge in [-0.3, -0.25) is 0 Å². The summed E-state index contributed by atoms with van der Waals surface area (Å²) in [6.45, 7) is 9.87. The molecule has 0 aromatic heterocycles. The average Bonchev–Trinajstić information content (AvgIpc) is 2.49. The molecule has 1 aromatic carbocycles. The largest absolute Gasteiger partial charge is 0.465 e. The van der Waals surface area contributed by atoms with Crippen molar-refractivity contribution in [2.45, 2.75) is 20.5 Å². The standard InChI is InChI=1S/C9H9NO5.C2H6.C2H4/c1-14-9(11)8-4-2-7(3-5-8)6-15-10(12)13;2*1-2/h2-5H,6H2,1H3;1-2H3;1-2H2. The van der Waals surface area contributed by atoms with Crippen molar-refractivity contribution in [3.8, 4) is 0 Å². The number of carbonyl (C=O) groups is 1. The van der Waals surface area contributed by atoms with Crippen LogP contribution in [-0.2, 0) is 16.2 Å². The van der Waals surface area contributed by atoms with Gasteiger partial charge in [0.1, 0.15) is 6.61 Å². The molecule has 0 aliphatic heterocycles. The lowest BCUT2D eigenvalue weighted by Crippen LogP contribution is -2.03. The summed E-state index contributed by atoms with van der Waals surface area (Å²) in [5.41, 5.74) is 1.00. The molecule has 0 heterocycles. The molecule has 0 amide bonds. The van der Waals surface area contributed by atoms with Gasteiger partial charge in [0.2, 0.25) is 0 Å². The van der Waals surface area contributed by atoms with Crippen LogP contribution in [0.15, 0.2) is 37.4 Å². The maximum Gasteiger partial charge on any atom is 0.337 e. The van der Waals surface area contributed by atoms with E-state index < -0.39 is 11.1 Å². The summed E-state index contributed by atoms with van der Waals surface area (Å²) in [6, 6.07) is 6.17. The minimum absolute atomic E-state index is 0.131. The highest BCUT2D eigenvalue weighted by atomic mass is 16.9. The second-order valence-electron chi connectivity index (χ2n) is 2.69. The molecule has 0 saturated carbocycles. The summed E-state index contributed by atoms with van der Waals surface area (Å²) < 4.78 is 4.50. The SMILES string of the molecule is C=C.CC.COC(=O)c1ccc(CO[N+](=O)[O-])cc1. The van der Waals surface area contributed by atoms with Crippen molar-refractivity contribution in [3.05, 3.63) is 58.7 Å². The zero-order valence-electron chi connectivity index (χ0n) is 11.4. The van der Waals surface area contributed by atoms with Gasteiger partial charge in [-0.2, -0.15) is 0 Å². The van der Waals surface area contributed by atoms with Gasteiger partial charge in [-0.25, -0.2) is 4.79 Å². The Balaban J connectivity index is 0. The van der Waals surface area contributed by atoms with Crippen LogP contribution in [0, 0.1) is 10.1 Å². The van der Waals surface area contributed by atoms with Crippen molar-refractivity contribution in [1.82, 2.24) is 0 Å². The van der Waals surface area contributed by atoms with Crippen LogP contribution in [0.5, 0.6) is 0 Å². The summed E-state index contributed by atoms with van der Waals surface area (Å²) in [6.07, 6.45) is 0. The lowest BCUT2D eigenvalue weighted by Gasteiger charge is -2.01. The molecule has 6 nitrogen and oxygen atoms in total. The first-order valence-electron chi connectivity index (χ1n) is 5.58. The molecular weight excluding hydrogens is 250 g/mol. The van der Waals surface area contributed by atoms with Gasteiger partial charge in [0.05, 0.1) is 12.7 Å². The Morgan fingerprint density at radius 3 is 2.11 bits per heavy atom. The van der Waals surface area contributed by atoms with E-state index in [0.717, 1.165) is 0 Å². The summed E-state index contributed by atoms with van der Waals surface area (Å²) in [7, 11) is 1.28. The van der Waals surface area contributed by atoms with E-state index in [2.05, 4.69) is 22.7 Å². The molecule has 0 atom stereocenters. The normalized spacial score (nSPS) is 7.95. The fourth-order valence-corrected chi connectivity index (χ4v) is 0.982. The fourth-order valence-electron chi connectivity index (χ4n) is 0.982. The van der Waals surface area contributed by atoms with Crippen molar-refractivity contribution < 1.29 is 19.5 Å². The summed E-state index contributed by atoms with van der Waals surface area (Å²) >= 11 is 0. The third-order valence-electron chi connectivity index (χ3n) is 1.71. The Morgan fingerprint density at radius 2 is 1.74 bits per heavy atom. The van der Waals surface area contributed by atoms with Crippen LogP contribution in [0.1, 0.15) is 29.8 Å². The molecule has 0 radical (unpaired) electrons. The lowest BCUT2D eigenvalue weighted by molar-refractivity contribution is -0.763. The molecule has 0 aliphatic rings. The first kappa shape index (κ1) is 19.0. The number of ether oxygens (including phenoxy) is 1. The van der Waals surface area contributed by atoms with Crippen LogP contribution in [0.3, 0.4) is 0 Å². The van der Waals surface area contributed by atoms with Crippen molar-refractivity contribution >= 4 is 5.97 Å². The van der Waals surface area contributed by atoms with Crippen molar-refractivity contribution in [3.63, 3.8) is 0 Å². The molecule has 0 spiro atoms. The highest BCUT2D eigenvalue weighted by Crippen LogP contribution is 2.06. The molecular formula is C13H19NO5. The molecule has 0 saturated heterocycles. The van der Waals surface area contributed by atoms with E-state index >= 15 is 0 Å². The molecule has 0 unspecified atom stereocenters. The van der Waals surface area contributed by atoms with E-state index in [4.69, 9.17) is 0 Å². The predicted octanol–water partition coefficient (Wildman–Crippen LogP) is 3.01. The van der Waals surface area contributed by atoms with Crippen molar-refractivity contribution in [2.75, 3.05) is 7.11 Å². The highest BCUT2D eigenvalue weighted by molar-refractivity contribution is 5.89. The van der Waals surface area contributed by atoms with E-state index in [1.807, 2.05) is 13.8 Å². The van der Waals surface area contributed by atoms with Gasteiger partial charge >= 0.3 is 5.97 Å². The van der Waals surface area contributed by atoms with Gasteiger partial charge in [0, 0.05) is 0 Å². The Bertz CT molecular complexity index is 375. The van der Waals surface area contributed by atoms with Gasteiger partial charge in [0.15, 0.2) is 0 Å². The highest BCUT2D eigenvalue weighted by Gasteiger charge is 2.04. The molecule has 0 bridgehead atoms. The molecule has 1 rings (SSSR count). The Kier molecular flexibility index (Phi) is 12.1. The zero-order valence-corrected chi connectivity index (χ0v) is 11.4. The second-order valence-corrected chi connectivity index (χ2v) is 2.69. The Hall–Kier alpha value is -2.37. The van der Waals surface area contributed by atoms with Crippen LogP contribution >= 0.6 is 0 Å². The smallest absolute Gasteiger partial charge is 0.337 e. The predicted molar refractivity (Wildman–Crippen MR) is 72.2 cm³/mol. The quantitative estimate of drug-likeness (QED) is 0.363. The number of esters is 1. The molecule has 0 fully saturated rings. The third kappa shape index (κ3) is 8.37. The Morgan fingerprint density at radius 1 is 1.26 bits per heavy atom. The van der Waals surface area contributed by atoms with Gasteiger partial charge in [-0.05, 0) is 17.7 Å². The van der Waals surface area contributed by atoms with E-state index in [9.17, 15) is 14.9 Å². The van der Waals surface area contributed by atoms with Crippen LogP contribution in [0.2, 0.25) is 0 Å².